The highest BCUT2D eigenvalue weighted by molar-refractivity contribution is 7.07. The standard InChI is InChI=1S/C23H28N6O3.C6H8N2OS/c1-13-7-8-15(12-27-13)16-5-4-6-17(21(16)32-3)28-18(20(25)23(31)26-2)11-19(24)29-22(30)14-9-10-14;1-8(5-9)2-6-3-10-4-7-6/h4-8,11-12,14,28H,9-10,24-25H2,1-3H3,(H,26,31)(H,29,30);3-5H,2H2,1H3/b19-11+,20-18+;. The molecule has 12 nitrogen and oxygen atoms in total. The number of thiazole rings is 1. The minimum atomic E-state index is -0.497. The quantitative estimate of drug-likeness (QED) is 0.127. The maximum absolute atomic E-state index is 12.2. The summed E-state index contributed by atoms with van der Waals surface area (Å²) in [5.41, 5.74) is 18.0. The number of hydrogen-bond acceptors (Lipinski definition) is 10. The number of aromatic nitrogens is 2. The molecule has 13 heteroatoms. The van der Waals surface area contributed by atoms with Gasteiger partial charge >= 0.3 is 0 Å². The van der Waals surface area contributed by atoms with E-state index in [2.05, 4.69) is 25.9 Å². The summed E-state index contributed by atoms with van der Waals surface area (Å²) in [4.78, 5) is 44.3. The smallest absolute Gasteiger partial charge is 0.269 e. The largest absolute Gasteiger partial charge is 0.494 e. The molecule has 0 spiro atoms. The molecule has 2 aromatic heterocycles. The molecule has 1 saturated carbocycles. The van der Waals surface area contributed by atoms with E-state index in [9.17, 15) is 14.4 Å². The minimum Gasteiger partial charge on any atom is -0.494 e. The van der Waals surface area contributed by atoms with Crippen LogP contribution in [0.1, 0.15) is 24.2 Å². The highest BCUT2D eigenvalue weighted by Gasteiger charge is 2.29. The molecule has 222 valence electrons. The summed E-state index contributed by atoms with van der Waals surface area (Å²) < 4.78 is 5.66. The van der Waals surface area contributed by atoms with E-state index >= 15 is 0 Å². The van der Waals surface area contributed by atoms with Crippen LogP contribution in [0.4, 0.5) is 5.69 Å². The number of ether oxygens (including phenoxy) is 1. The zero-order chi connectivity index (χ0) is 30.6. The molecule has 2 heterocycles. The van der Waals surface area contributed by atoms with Gasteiger partial charge in [0.15, 0.2) is 0 Å². The fourth-order valence-corrected chi connectivity index (χ4v) is 4.23. The number of anilines is 1. The molecule has 4 rings (SSSR count). The predicted octanol–water partition coefficient (Wildman–Crippen LogP) is 2.45. The summed E-state index contributed by atoms with van der Waals surface area (Å²) in [5.74, 6) is -0.0482. The van der Waals surface area contributed by atoms with Gasteiger partial charge < -0.3 is 37.1 Å². The van der Waals surface area contributed by atoms with Crippen LogP contribution in [0.2, 0.25) is 0 Å². The first-order valence-electron chi connectivity index (χ1n) is 13.1. The molecule has 7 N–H and O–H groups in total. The van der Waals surface area contributed by atoms with E-state index < -0.39 is 5.91 Å². The van der Waals surface area contributed by atoms with Gasteiger partial charge in [0.05, 0.1) is 36.2 Å². The van der Waals surface area contributed by atoms with Crippen molar-refractivity contribution in [2.75, 3.05) is 26.5 Å². The molecule has 1 aliphatic carbocycles. The lowest BCUT2D eigenvalue weighted by molar-refractivity contribution is -0.121. The molecule has 3 aromatic rings. The average molecular weight is 593 g/mol. The van der Waals surface area contributed by atoms with E-state index in [-0.39, 0.29) is 29.0 Å². The van der Waals surface area contributed by atoms with Crippen LogP contribution in [0.15, 0.2) is 70.7 Å². The Kier molecular flexibility index (Phi) is 11.4. The Morgan fingerprint density at radius 2 is 1.95 bits per heavy atom. The zero-order valence-electron chi connectivity index (χ0n) is 24.0. The number of amides is 3. The number of methoxy groups -OCH3 is 1. The van der Waals surface area contributed by atoms with Gasteiger partial charge in [0, 0.05) is 54.5 Å². The number of nitrogens with zero attached hydrogens (tertiary/aromatic N) is 3. The maximum atomic E-state index is 12.2. The van der Waals surface area contributed by atoms with Crippen molar-refractivity contribution in [3.05, 3.63) is 82.1 Å². The monoisotopic (exact) mass is 592 g/mol. The van der Waals surface area contributed by atoms with Crippen molar-refractivity contribution in [1.82, 2.24) is 25.5 Å². The van der Waals surface area contributed by atoms with E-state index in [1.54, 1.807) is 36.8 Å². The summed E-state index contributed by atoms with van der Waals surface area (Å²) >= 11 is 1.54. The van der Waals surface area contributed by atoms with Crippen LogP contribution in [-0.4, -0.2) is 54.3 Å². The summed E-state index contributed by atoms with van der Waals surface area (Å²) in [7, 11) is 4.75. The van der Waals surface area contributed by atoms with Crippen molar-refractivity contribution in [2.24, 2.45) is 17.4 Å². The van der Waals surface area contributed by atoms with Gasteiger partial charge in [0.1, 0.15) is 17.3 Å². The third-order valence-electron chi connectivity index (χ3n) is 6.06. The van der Waals surface area contributed by atoms with Gasteiger partial charge in [0.2, 0.25) is 12.3 Å². The molecule has 0 unspecified atom stereocenters. The number of aryl methyl sites for hydroxylation is 1. The number of likely N-dealkylation sites (N-methyl/N-ethyl adjacent to an activating group) is 1. The molecule has 42 heavy (non-hydrogen) atoms. The van der Waals surface area contributed by atoms with E-state index in [4.69, 9.17) is 16.2 Å². The summed E-state index contributed by atoms with van der Waals surface area (Å²) in [5, 5.41) is 10.2. The lowest BCUT2D eigenvalue weighted by atomic mass is 10.0. The number of rotatable bonds is 11. The van der Waals surface area contributed by atoms with E-state index in [1.165, 1.54) is 24.5 Å². The molecular weight excluding hydrogens is 556 g/mol. The Hall–Kier alpha value is -4.91. The lowest BCUT2D eigenvalue weighted by Gasteiger charge is -2.17. The van der Waals surface area contributed by atoms with Gasteiger partial charge in [-0.2, -0.15) is 0 Å². The van der Waals surface area contributed by atoms with Crippen LogP contribution >= 0.6 is 11.3 Å². The average Bonchev–Trinajstić information content (AvgIpc) is 3.73. The van der Waals surface area contributed by atoms with Crippen molar-refractivity contribution >= 4 is 35.2 Å². The Labute approximate surface area is 248 Å². The molecule has 0 radical (unpaired) electrons. The van der Waals surface area contributed by atoms with Crippen LogP contribution in [0.25, 0.3) is 11.1 Å². The molecule has 0 atom stereocenters. The number of pyridine rings is 1. The maximum Gasteiger partial charge on any atom is 0.269 e. The Bertz CT molecular complexity index is 1430. The zero-order valence-corrected chi connectivity index (χ0v) is 24.8. The van der Waals surface area contributed by atoms with Crippen LogP contribution in [0, 0.1) is 12.8 Å². The molecule has 0 aliphatic heterocycles. The number of hydrogen-bond donors (Lipinski definition) is 5. The second-order valence-electron chi connectivity index (χ2n) is 9.47. The van der Waals surface area contributed by atoms with Gasteiger partial charge in [-0.05, 0) is 31.9 Å². The lowest BCUT2D eigenvalue weighted by Crippen LogP contribution is -2.31. The second-order valence-corrected chi connectivity index (χ2v) is 10.2. The molecule has 0 bridgehead atoms. The first-order chi connectivity index (χ1) is 20.2. The number of allylic oxidation sites excluding steroid dienone is 1. The summed E-state index contributed by atoms with van der Waals surface area (Å²) in [6, 6.07) is 9.40. The summed E-state index contributed by atoms with van der Waals surface area (Å²) in [6.45, 7) is 2.52. The van der Waals surface area contributed by atoms with Crippen LogP contribution in [0.5, 0.6) is 5.75 Å². The second kappa shape index (κ2) is 15.2. The number of carbonyl (C=O) groups is 3. The number of nitrogens with two attached hydrogens (primary N) is 2. The van der Waals surface area contributed by atoms with E-state index in [1.807, 2.05) is 36.6 Å². The van der Waals surface area contributed by atoms with Crippen molar-refractivity contribution in [1.29, 1.82) is 0 Å². The first kappa shape index (κ1) is 31.6. The van der Waals surface area contributed by atoms with Crippen LogP contribution in [-0.2, 0) is 20.9 Å². The number of benzene rings is 1. The van der Waals surface area contributed by atoms with Crippen molar-refractivity contribution in [3.63, 3.8) is 0 Å². The molecule has 1 fully saturated rings. The fourth-order valence-electron chi connectivity index (χ4n) is 3.68. The predicted molar refractivity (Wildman–Crippen MR) is 163 cm³/mol. The highest BCUT2D eigenvalue weighted by Crippen LogP contribution is 2.37. The summed E-state index contributed by atoms with van der Waals surface area (Å²) in [6.07, 6.45) is 5.66. The van der Waals surface area contributed by atoms with Gasteiger partial charge in [-0.15, -0.1) is 11.3 Å². The Morgan fingerprint density at radius 1 is 1.19 bits per heavy atom. The van der Waals surface area contributed by atoms with E-state index in [0.29, 0.717) is 18.0 Å². The normalized spacial score (nSPS) is 13.1. The minimum absolute atomic E-state index is 0.0153. The molecule has 0 saturated heterocycles. The fraction of sp³-hybridized carbons (Fsp3) is 0.276. The third-order valence-corrected chi connectivity index (χ3v) is 6.70. The van der Waals surface area contributed by atoms with Gasteiger partial charge in [-0.25, -0.2) is 4.98 Å². The topological polar surface area (TPSA) is 178 Å². The number of para-hydroxylation sites is 1. The molecular formula is C29H36N8O4S. The van der Waals surface area contributed by atoms with Crippen molar-refractivity contribution < 1.29 is 19.1 Å². The van der Waals surface area contributed by atoms with Gasteiger partial charge in [-0.3, -0.25) is 19.4 Å². The van der Waals surface area contributed by atoms with Gasteiger partial charge in [-0.1, -0.05) is 18.2 Å². The van der Waals surface area contributed by atoms with E-state index in [0.717, 1.165) is 41.8 Å². The Morgan fingerprint density at radius 3 is 2.52 bits per heavy atom. The van der Waals surface area contributed by atoms with Crippen molar-refractivity contribution in [2.45, 2.75) is 26.3 Å². The van der Waals surface area contributed by atoms with Crippen LogP contribution in [0.3, 0.4) is 0 Å². The molecule has 3 amide bonds. The number of carbonyl (C=O) groups excluding carboxylic acids is 3. The highest BCUT2D eigenvalue weighted by atomic mass is 32.1. The van der Waals surface area contributed by atoms with Crippen molar-refractivity contribution in [3.8, 4) is 16.9 Å². The molecule has 1 aliphatic rings. The third kappa shape index (κ3) is 9.06. The SMILES string of the molecule is CN(C=O)Cc1cscn1.CNC(=O)/C(N)=C(/C=C(\N)NC(=O)C1CC1)Nc1cccc(-c2ccc(C)nc2)c1OC. The first-order valence-corrected chi connectivity index (χ1v) is 14.0. The number of nitrogens with one attached hydrogen (secondary N) is 3. The Balaban J connectivity index is 0.000000408. The van der Waals surface area contributed by atoms with Gasteiger partial charge in [0.25, 0.3) is 5.91 Å². The molecule has 1 aromatic carbocycles. The van der Waals surface area contributed by atoms with Crippen LogP contribution < -0.4 is 32.2 Å².